The second-order valence-electron chi connectivity index (χ2n) is 6.11. The van der Waals surface area contributed by atoms with E-state index in [1.165, 1.54) is 61.9 Å². The Morgan fingerprint density at radius 3 is 1.86 bits per heavy atom. The Morgan fingerprint density at radius 1 is 0.619 bits per heavy atom. The number of benzene rings is 2. The van der Waals surface area contributed by atoms with Crippen molar-refractivity contribution in [2.24, 2.45) is 0 Å². The molecule has 0 radical (unpaired) electrons. The van der Waals surface area contributed by atoms with Crippen LogP contribution in [-0.4, -0.2) is 18.0 Å². The van der Waals surface area contributed by atoms with Gasteiger partial charge in [0.05, 0.1) is 0 Å². The van der Waals surface area contributed by atoms with Gasteiger partial charge >= 0.3 is 0 Å². The predicted molar refractivity (Wildman–Crippen MR) is 90.2 cm³/mol. The predicted octanol–water partition coefficient (Wildman–Crippen LogP) is 5.12. The quantitative estimate of drug-likeness (QED) is 0.753. The van der Waals surface area contributed by atoms with Crippen molar-refractivity contribution in [1.29, 1.82) is 0 Å². The minimum absolute atomic E-state index is 1.11. The summed E-state index contributed by atoms with van der Waals surface area (Å²) in [5.41, 5.74) is 4.05. The molecule has 1 heteroatoms. The molecule has 1 heterocycles. The van der Waals surface area contributed by atoms with E-state index in [0.717, 1.165) is 6.54 Å². The Bertz CT molecular complexity index is 522. The van der Waals surface area contributed by atoms with Gasteiger partial charge in [0.15, 0.2) is 0 Å². The molecule has 0 bridgehead atoms. The summed E-state index contributed by atoms with van der Waals surface area (Å²) in [5.74, 6) is 0. The van der Waals surface area contributed by atoms with Crippen molar-refractivity contribution in [2.45, 2.75) is 38.6 Å². The molecule has 1 aliphatic heterocycles. The molecule has 1 fully saturated rings. The van der Waals surface area contributed by atoms with Gasteiger partial charge in [-0.05, 0) is 42.6 Å². The third-order valence-corrected chi connectivity index (χ3v) is 4.42. The van der Waals surface area contributed by atoms with E-state index < -0.39 is 0 Å². The summed E-state index contributed by atoms with van der Waals surface area (Å²) in [4.78, 5) is 2.62. The van der Waals surface area contributed by atoms with Crippen LogP contribution in [0.1, 0.15) is 37.7 Å². The number of rotatable bonds is 3. The SMILES string of the molecule is c1ccc(-c2ccc(CN3CCCCCCC3)cc2)cc1. The summed E-state index contributed by atoms with van der Waals surface area (Å²) in [7, 11) is 0. The molecule has 110 valence electrons. The highest BCUT2D eigenvalue weighted by Gasteiger charge is 2.08. The standard InChI is InChI=1S/C20H25N/c1-2-7-15-21(16-8-3-1)17-18-11-13-20(14-12-18)19-9-5-4-6-10-19/h4-6,9-14H,1-3,7-8,15-17H2. The van der Waals surface area contributed by atoms with E-state index in [-0.39, 0.29) is 0 Å². The first-order valence-electron chi connectivity index (χ1n) is 8.28. The maximum Gasteiger partial charge on any atom is 0.0233 e. The molecule has 21 heavy (non-hydrogen) atoms. The van der Waals surface area contributed by atoms with Crippen molar-refractivity contribution >= 4 is 0 Å². The second kappa shape index (κ2) is 7.42. The van der Waals surface area contributed by atoms with Crippen molar-refractivity contribution in [1.82, 2.24) is 4.90 Å². The maximum atomic E-state index is 2.62. The molecule has 0 aromatic heterocycles. The zero-order valence-electron chi connectivity index (χ0n) is 12.8. The first kappa shape index (κ1) is 14.3. The molecule has 0 saturated carbocycles. The topological polar surface area (TPSA) is 3.24 Å². The molecule has 2 aromatic rings. The van der Waals surface area contributed by atoms with Gasteiger partial charge < -0.3 is 0 Å². The number of nitrogens with zero attached hydrogens (tertiary/aromatic N) is 1. The Balaban J connectivity index is 1.64. The van der Waals surface area contributed by atoms with Crippen LogP contribution in [0, 0.1) is 0 Å². The lowest BCUT2D eigenvalue weighted by atomic mass is 10.0. The van der Waals surface area contributed by atoms with E-state index in [1.807, 2.05) is 0 Å². The fraction of sp³-hybridized carbons (Fsp3) is 0.400. The highest BCUT2D eigenvalue weighted by atomic mass is 15.1. The molecular formula is C20H25N. The number of likely N-dealkylation sites (tertiary alicyclic amines) is 1. The summed E-state index contributed by atoms with van der Waals surface area (Å²) in [6.45, 7) is 3.63. The molecule has 1 nitrogen and oxygen atoms in total. The Labute approximate surface area is 128 Å². The molecule has 0 aliphatic carbocycles. The van der Waals surface area contributed by atoms with Crippen LogP contribution in [0.15, 0.2) is 54.6 Å². The summed E-state index contributed by atoms with van der Waals surface area (Å²) >= 11 is 0. The van der Waals surface area contributed by atoms with Gasteiger partial charge in [0.1, 0.15) is 0 Å². The summed E-state index contributed by atoms with van der Waals surface area (Å²) in [6.07, 6.45) is 6.97. The Kier molecular flexibility index (Phi) is 5.07. The van der Waals surface area contributed by atoms with Crippen LogP contribution in [0.4, 0.5) is 0 Å². The van der Waals surface area contributed by atoms with Gasteiger partial charge in [0.2, 0.25) is 0 Å². The van der Waals surface area contributed by atoms with Crippen molar-refractivity contribution in [2.75, 3.05) is 13.1 Å². The normalized spacial score (nSPS) is 17.1. The second-order valence-corrected chi connectivity index (χ2v) is 6.11. The molecule has 0 N–H and O–H groups in total. The number of hydrogen-bond donors (Lipinski definition) is 0. The highest BCUT2D eigenvalue weighted by molar-refractivity contribution is 5.63. The van der Waals surface area contributed by atoms with Crippen LogP contribution < -0.4 is 0 Å². The third kappa shape index (κ3) is 4.18. The van der Waals surface area contributed by atoms with Gasteiger partial charge in [-0.3, -0.25) is 4.90 Å². The average Bonchev–Trinajstić information content (AvgIpc) is 2.51. The number of hydrogen-bond acceptors (Lipinski definition) is 1. The fourth-order valence-electron chi connectivity index (χ4n) is 3.16. The molecule has 0 unspecified atom stereocenters. The van der Waals surface area contributed by atoms with E-state index in [2.05, 4.69) is 59.5 Å². The lowest BCUT2D eigenvalue weighted by Crippen LogP contribution is -2.26. The minimum atomic E-state index is 1.11. The molecule has 3 rings (SSSR count). The molecule has 0 atom stereocenters. The van der Waals surface area contributed by atoms with Gasteiger partial charge in [-0.15, -0.1) is 0 Å². The summed E-state index contributed by atoms with van der Waals surface area (Å²) in [6, 6.07) is 19.7. The van der Waals surface area contributed by atoms with Gasteiger partial charge in [-0.25, -0.2) is 0 Å². The van der Waals surface area contributed by atoms with Crippen LogP contribution >= 0.6 is 0 Å². The summed E-state index contributed by atoms with van der Waals surface area (Å²) < 4.78 is 0. The van der Waals surface area contributed by atoms with E-state index in [9.17, 15) is 0 Å². The zero-order chi connectivity index (χ0) is 14.3. The van der Waals surface area contributed by atoms with Crippen LogP contribution in [0.25, 0.3) is 11.1 Å². The van der Waals surface area contributed by atoms with Crippen LogP contribution in [0.5, 0.6) is 0 Å². The minimum Gasteiger partial charge on any atom is -0.299 e. The van der Waals surface area contributed by atoms with Gasteiger partial charge in [0.25, 0.3) is 0 Å². The lowest BCUT2D eigenvalue weighted by Gasteiger charge is -2.24. The van der Waals surface area contributed by atoms with Gasteiger partial charge in [0, 0.05) is 6.54 Å². The van der Waals surface area contributed by atoms with Crippen molar-refractivity contribution in [3.8, 4) is 11.1 Å². The smallest absolute Gasteiger partial charge is 0.0233 e. The van der Waals surface area contributed by atoms with Crippen molar-refractivity contribution in [3.63, 3.8) is 0 Å². The van der Waals surface area contributed by atoms with Crippen LogP contribution in [0.3, 0.4) is 0 Å². The zero-order valence-corrected chi connectivity index (χ0v) is 12.8. The van der Waals surface area contributed by atoms with E-state index >= 15 is 0 Å². The summed E-state index contributed by atoms with van der Waals surface area (Å²) in [5, 5.41) is 0. The fourth-order valence-corrected chi connectivity index (χ4v) is 3.16. The average molecular weight is 279 g/mol. The monoisotopic (exact) mass is 279 g/mol. The lowest BCUT2D eigenvalue weighted by molar-refractivity contribution is 0.240. The van der Waals surface area contributed by atoms with E-state index in [4.69, 9.17) is 0 Å². The molecule has 0 spiro atoms. The van der Waals surface area contributed by atoms with Crippen molar-refractivity contribution < 1.29 is 0 Å². The van der Waals surface area contributed by atoms with Crippen LogP contribution in [0.2, 0.25) is 0 Å². The largest absolute Gasteiger partial charge is 0.299 e. The highest BCUT2D eigenvalue weighted by Crippen LogP contribution is 2.20. The van der Waals surface area contributed by atoms with Gasteiger partial charge in [-0.1, -0.05) is 73.9 Å². The molecule has 1 saturated heterocycles. The molecule has 0 amide bonds. The van der Waals surface area contributed by atoms with E-state index in [0.29, 0.717) is 0 Å². The molecule has 2 aromatic carbocycles. The van der Waals surface area contributed by atoms with Crippen LogP contribution in [-0.2, 0) is 6.54 Å². The Morgan fingerprint density at radius 2 is 1.19 bits per heavy atom. The first-order valence-corrected chi connectivity index (χ1v) is 8.28. The first-order chi connectivity index (χ1) is 10.4. The van der Waals surface area contributed by atoms with E-state index in [1.54, 1.807) is 0 Å². The van der Waals surface area contributed by atoms with Crippen molar-refractivity contribution in [3.05, 3.63) is 60.2 Å². The molecular weight excluding hydrogens is 254 g/mol. The third-order valence-electron chi connectivity index (χ3n) is 4.42. The Hall–Kier alpha value is -1.60. The molecule has 1 aliphatic rings. The maximum absolute atomic E-state index is 2.62. The van der Waals surface area contributed by atoms with Gasteiger partial charge in [-0.2, -0.15) is 0 Å².